The van der Waals surface area contributed by atoms with E-state index in [1.54, 1.807) is 50.0 Å². The van der Waals surface area contributed by atoms with E-state index in [2.05, 4.69) is 73.5 Å². The van der Waals surface area contributed by atoms with Gasteiger partial charge in [0.1, 0.15) is 61.0 Å². The molecule has 796 valence electrons. The Hall–Kier alpha value is -11.4. The number of hydrogen-bond acceptors (Lipinski definition) is 18. The zero-order valence-corrected chi connectivity index (χ0v) is 91.5. The first-order chi connectivity index (χ1) is 70.9. The van der Waals surface area contributed by atoms with Gasteiger partial charge in [0.05, 0.1) is 25.8 Å². The number of benzene rings is 4. The molecule has 4 aliphatic carbocycles. The Labute approximate surface area is 888 Å². The average Bonchev–Trinajstić information content (AvgIpc) is 1.63. The second kappa shape index (κ2) is 48.9. The van der Waals surface area contributed by atoms with Gasteiger partial charge < -0.3 is 36.0 Å². The van der Waals surface area contributed by atoms with Gasteiger partial charge in [-0.25, -0.2) is 45.9 Å². The van der Waals surface area contributed by atoms with Crippen molar-refractivity contribution in [2.45, 2.75) is 234 Å². The third-order valence-electron chi connectivity index (χ3n) is 30.2. The maximum Gasteiger partial charge on any atom is 0.228 e. The highest BCUT2D eigenvalue weighted by molar-refractivity contribution is 7.90. The fourth-order valence-corrected chi connectivity index (χ4v) is 25.0. The number of likely N-dealkylation sites (N-methyl/N-ethyl adjacent to an activating group) is 1. The van der Waals surface area contributed by atoms with Gasteiger partial charge in [-0.3, -0.25) is 52.3 Å². The Morgan fingerprint density at radius 1 is 0.356 bits per heavy atom. The monoisotopic (exact) mass is 2140 g/mol. The molecule has 37 heteroatoms. The highest BCUT2D eigenvalue weighted by Crippen LogP contribution is 2.45. The lowest BCUT2D eigenvalue weighted by molar-refractivity contribution is -0.135. The highest BCUT2D eigenvalue weighted by Gasteiger charge is 2.37. The van der Waals surface area contributed by atoms with Gasteiger partial charge in [0, 0.05) is 214 Å². The first-order valence-electron chi connectivity index (χ1n) is 52.4. The van der Waals surface area contributed by atoms with Gasteiger partial charge in [-0.2, -0.15) is 20.4 Å². The fraction of sp³-hybridized carbons (Fsp3) is 0.509. The molecule has 6 amide bonds. The van der Waals surface area contributed by atoms with Gasteiger partial charge >= 0.3 is 0 Å². The second-order valence-corrected chi connectivity index (χ2v) is 46.7. The summed E-state index contributed by atoms with van der Waals surface area (Å²) in [7, 11) is 6.23. The van der Waals surface area contributed by atoms with Gasteiger partial charge in [0.2, 0.25) is 35.4 Å². The van der Waals surface area contributed by atoms with E-state index in [-0.39, 0.29) is 118 Å². The summed E-state index contributed by atoms with van der Waals surface area (Å²) in [5.74, 6) is 0.485. The number of pyridine rings is 4. The summed E-state index contributed by atoms with van der Waals surface area (Å²) < 4.78 is 90.4. The normalized spacial score (nSPS) is 19.4. The summed E-state index contributed by atoms with van der Waals surface area (Å²) in [5, 5.41) is 33.5. The lowest BCUT2D eigenvalue weighted by atomic mass is 9.78. The van der Waals surface area contributed by atoms with E-state index in [9.17, 15) is 50.8 Å². The smallest absolute Gasteiger partial charge is 0.228 e. The minimum absolute atomic E-state index is 0.0208. The number of Topliss-reactive ketones (excluding diaryl/α,β-unsaturated/α-hetero) is 1. The molecule has 4 saturated carbocycles. The number of anilines is 4. The number of aryl methyl sites for hydroxylation is 4. The minimum Gasteiger partial charge on any atom is -0.343 e. The van der Waals surface area contributed by atoms with Crippen molar-refractivity contribution in [3.63, 3.8) is 0 Å². The quantitative estimate of drug-likeness (QED) is 0.0386. The fourth-order valence-electron chi connectivity index (χ4n) is 23.0. The molecule has 6 aliphatic rings. The molecular formula is C112H137Cl4F4N19O9S. The van der Waals surface area contributed by atoms with Gasteiger partial charge in [0.15, 0.2) is 23.3 Å². The number of hydrogen-bond donors (Lipinski definition) is 4. The first-order valence-corrected chi connectivity index (χ1v) is 55.9. The average molecular weight is 2140 g/mol. The van der Waals surface area contributed by atoms with Crippen molar-refractivity contribution in [1.82, 2.24) is 73.8 Å². The van der Waals surface area contributed by atoms with Gasteiger partial charge in [0.25, 0.3) is 0 Å². The lowest BCUT2D eigenvalue weighted by Crippen LogP contribution is -2.47. The van der Waals surface area contributed by atoms with Gasteiger partial charge in [-0.15, -0.1) is 0 Å². The number of carbonyl (C=O) groups excluding carboxylic acids is 7. The number of carbonyl (C=O) groups is 7. The molecule has 2 saturated heterocycles. The molecule has 10 heterocycles. The maximum atomic E-state index is 15.1. The Bertz CT molecular complexity index is 7120. The highest BCUT2D eigenvalue weighted by atomic mass is 35.5. The van der Waals surface area contributed by atoms with Crippen LogP contribution in [0, 0.1) is 70.6 Å². The van der Waals surface area contributed by atoms with E-state index in [4.69, 9.17) is 46.4 Å². The Kier molecular flexibility index (Phi) is 36.7. The summed E-state index contributed by atoms with van der Waals surface area (Å²) in [4.78, 5) is 113. The topological polar surface area (TPSA) is 334 Å². The molecule has 4 N–H and O–H groups in total. The lowest BCUT2D eigenvalue weighted by Gasteiger charge is -2.34. The van der Waals surface area contributed by atoms with Crippen molar-refractivity contribution >= 4 is 164 Å². The number of rotatable bonds is 25. The van der Waals surface area contributed by atoms with E-state index >= 15 is 8.78 Å². The number of piperazine rings is 1. The van der Waals surface area contributed by atoms with Crippen LogP contribution in [-0.4, -0.2) is 182 Å². The van der Waals surface area contributed by atoms with Crippen molar-refractivity contribution in [3.8, 4) is 44.5 Å². The minimum atomic E-state index is -3.09. The number of amides is 6. The number of halogens is 8. The summed E-state index contributed by atoms with van der Waals surface area (Å²) in [6.45, 7) is 23.3. The van der Waals surface area contributed by atoms with Gasteiger partial charge in [-0.05, 0) is 246 Å². The van der Waals surface area contributed by atoms with Crippen LogP contribution in [0.25, 0.3) is 88.1 Å². The van der Waals surface area contributed by atoms with Crippen LogP contribution in [0.5, 0.6) is 0 Å². The number of ketones is 1. The predicted octanol–water partition coefficient (Wildman–Crippen LogP) is 24.2. The second-order valence-electron chi connectivity index (χ2n) is 42.9. The van der Waals surface area contributed by atoms with Crippen LogP contribution >= 0.6 is 46.4 Å². The maximum absolute atomic E-state index is 15.1. The third kappa shape index (κ3) is 27.2. The molecule has 28 nitrogen and oxygen atoms in total. The number of aromatic nitrogens is 12. The van der Waals surface area contributed by atoms with E-state index in [1.165, 1.54) is 61.7 Å². The van der Waals surface area contributed by atoms with E-state index in [0.717, 1.165) is 167 Å². The number of nitrogens with one attached hydrogen (secondary N) is 4. The molecule has 149 heavy (non-hydrogen) atoms. The number of nitrogens with zero attached hydrogens (tertiary/aromatic N) is 15. The van der Waals surface area contributed by atoms with E-state index < -0.39 is 33.1 Å². The largest absolute Gasteiger partial charge is 0.343 e. The number of fused-ring (bicyclic) bond motifs is 4. The number of piperidine rings is 1. The summed E-state index contributed by atoms with van der Waals surface area (Å²) in [6, 6.07) is 20.0. The summed E-state index contributed by atoms with van der Waals surface area (Å²) in [5.41, 5.74) is 9.71. The molecule has 0 unspecified atom stereocenters. The third-order valence-corrected chi connectivity index (χ3v) is 32.4. The summed E-state index contributed by atoms with van der Waals surface area (Å²) in [6.07, 6.45) is 25.6. The number of likely N-dealkylation sites (tertiary alicyclic amines) is 1. The Morgan fingerprint density at radius 2 is 0.617 bits per heavy atom. The van der Waals surface area contributed by atoms with Crippen LogP contribution in [0.2, 0.25) is 20.1 Å². The van der Waals surface area contributed by atoms with Crippen molar-refractivity contribution in [2.24, 2.45) is 75.5 Å². The Balaban J connectivity index is 0.000000149. The molecular weight excluding hydrogens is 2010 g/mol. The molecule has 0 spiro atoms. The van der Waals surface area contributed by atoms with Crippen LogP contribution in [0.1, 0.15) is 256 Å². The Morgan fingerprint density at radius 3 is 0.886 bits per heavy atom. The van der Waals surface area contributed by atoms with Gasteiger partial charge in [-0.1, -0.05) is 134 Å². The molecule has 0 radical (unpaired) electrons. The first kappa shape index (κ1) is 112. The van der Waals surface area contributed by atoms with Crippen LogP contribution in [0.15, 0.2) is 97.6 Å². The van der Waals surface area contributed by atoms with Crippen LogP contribution < -0.4 is 21.3 Å². The van der Waals surface area contributed by atoms with Crippen molar-refractivity contribution in [3.05, 3.63) is 164 Å². The molecule has 12 aromatic rings. The van der Waals surface area contributed by atoms with E-state index in [1.807, 2.05) is 118 Å². The van der Waals surface area contributed by atoms with Crippen LogP contribution in [0.4, 0.5) is 40.8 Å². The SMILES string of the molecule is CC(C)c1c2cc(-c3cc(NC(=O)[C@H]4CCC[C@@H](CC(=O)N5CCCCC5)C4)ncc3Cl)cc(F)c2nn1C.CC(C)c1c2cc(-c3cc(NC(=O)[C@H]4CCC[C@@H](CC(=O)N5CCN(C)CC5)C4)ncc3Cl)cc(F)c2nn1C.CC(C)c1c2cc(-c3cc(NC(=O)[C@H]4CCC[C@@H](CS(C)(=O)=O)C4)ncc3Cl)cc(F)c2nn1C.CCC(=O)C[C@@H]1CCC[C@H](C(=O)Nc2cc(-c3cc(F)c4nn(C)c(C(C)C)c4c3)c(Cl)cn2)C1. The van der Waals surface area contributed by atoms with Crippen LogP contribution in [0.3, 0.4) is 0 Å². The summed E-state index contributed by atoms with van der Waals surface area (Å²) >= 11 is 25.9. The molecule has 0 bridgehead atoms. The number of sulfone groups is 1. The van der Waals surface area contributed by atoms with Crippen LogP contribution in [-0.2, 0) is 71.6 Å². The van der Waals surface area contributed by atoms with Crippen molar-refractivity contribution in [2.75, 3.05) is 79.6 Å². The zero-order valence-electron chi connectivity index (χ0n) is 87.7. The molecule has 2 aliphatic heterocycles. The standard InChI is InChI=1S/C30H38ClFN6O2.C30H37ClFN5O2.C27H32ClFN4O2.C25H30ClFN4O3S/c1-18(2)29-23-14-21(15-25(32)28(23)35-37(29)4)22-16-26(33-17-24(22)31)34-30(40)20-7-5-6-19(12-20)13-27(39)38-10-8-36(3)9-11-38;1-18(2)29-23-14-21(15-25(32)28(23)35-36(29)3)22-16-26(33-17-24(22)31)34-30(39)20-9-7-8-19(12-20)13-27(38)37-10-5-4-6-11-37;1-5-19(34)10-16-7-6-8-17(9-16)27(35)31-24-13-20(22(28)14-30-24)18-11-21-25(23(29)12-18)32-33(4)26(21)15(2)3;1-14(2)24-19-9-17(10-21(27)23(19)30-31(24)3)18-11-22(28-12-20(18)26)29-25(32)16-7-5-6-15(8-16)13-35(4,33)34/h14-20H,5-13H2,1-4H3,(H,33,34,40);14-20H,4-13H2,1-3H3,(H,33,34,39);11-17H,5-10H2,1-4H3,(H,30,31,35);9-12,14-16H,5-8,13H2,1-4H3,(H,28,29,32)/t2*19-,20+;16-,17+;15-,16+/m1111/s1. The van der Waals surface area contributed by atoms with E-state index in [0.29, 0.717) is 168 Å². The molecule has 8 atom stereocenters. The zero-order chi connectivity index (χ0) is 107. The van der Waals surface area contributed by atoms with Crippen molar-refractivity contribution in [1.29, 1.82) is 0 Å². The molecule has 6 fully saturated rings. The molecule has 4 aromatic carbocycles. The predicted molar refractivity (Wildman–Crippen MR) is 582 cm³/mol. The molecule has 18 rings (SSSR count). The molecule has 8 aromatic heterocycles. The van der Waals surface area contributed by atoms with Crippen molar-refractivity contribution < 1.29 is 59.5 Å².